The van der Waals surface area contributed by atoms with Gasteiger partial charge in [-0.1, -0.05) is 42.5 Å². The first-order valence-electron chi connectivity index (χ1n) is 9.34. The Balaban J connectivity index is 1.95. The van der Waals surface area contributed by atoms with Gasteiger partial charge in [-0.15, -0.1) is 0 Å². The molecule has 0 spiro atoms. The minimum atomic E-state index is -0.110. The van der Waals surface area contributed by atoms with Gasteiger partial charge in [0.1, 0.15) is 0 Å². The van der Waals surface area contributed by atoms with Gasteiger partial charge in [-0.25, -0.2) is 0 Å². The third kappa shape index (κ3) is 3.14. The first-order chi connectivity index (χ1) is 13.5. The van der Waals surface area contributed by atoms with Crippen molar-refractivity contribution in [3.63, 3.8) is 0 Å². The normalized spacial score (nSPS) is 11.4. The van der Waals surface area contributed by atoms with Crippen molar-refractivity contribution in [3.8, 4) is 39.8 Å². The van der Waals surface area contributed by atoms with Crippen LogP contribution in [0.3, 0.4) is 0 Å². The topological polar surface area (TPSA) is 41.9 Å². The molecule has 0 unspecified atom stereocenters. The molecule has 0 fully saturated rings. The second-order valence-electron chi connectivity index (χ2n) is 7.84. The van der Waals surface area contributed by atoms with Crippen LogP contribution in [0.1, 0.15) is 26.3 Å². The molecular formula is C25H22N2O. The van der Waals surface area contributed by atoms with Gasteiger partial charge < -0.3 is 8.98 Å². The lowest BCUT2D eigenvalue weighted by molar-refractivity contribution is 0.399. The quantitative estimate of drug-likeness (QED) is 0.404. The van der Waals surface area contributed by atoms with Crippen LogP contribution in [0.25, 0.3) is 33.7 Å². The third-order valence-electron chi connectivity index (χ3n) is 4.90. The summed E-state index contributed by atoms with van der Waals surface area (Å²) >= 11 is 0. The van der Waals surface area contributed by atoms with Gasteiger partial charge in [0, 0.05) is 22.9 Å². The Bertz CT molecular complexity index is 1130. The summed E-state index contributed by atoms with van der Waals surface area (Å²) in [7, 11) is 0. The highest BCUT2D eigenvalue weighted by molar-refractivity contribution is 5.87. The van der Waals surface area contributed by atoms with Gasteiger partial charge >= 0.3 is 0 Å². The SMILES string of the molecule is CC(C)(C)n1ccc(-c2ccc(C#N)cc2)c1-c1occc1-c1ccccc1. The molecule has 2 aromatic heterocycles. The summed E-state index contributed by atoms with van der Waals surface area (Å²) in [5.74, 6) is 0.852. The van der Waals surface area contributed by atoms with Crippen LogP contribution < -0.4 is 0 Å². The number of aromatic nitrogens is 1. The van der Waals surface area contributed by atoms with Crippen LogP contribution >= 0.6 is 0 Å². The van der Waals surface area contributed by atoms with Crippen LogP contribution in [0.15, 0.2) is 83.6 Å². The largest absolute Gasteiger partial charge is 0.462 e. The van der Waals surface area contributed by atoms with E-state index < -0.39 is 0 Å². The molecule has 0 bridgehead atoms. The van der Waals surface area contributed by atoms with E-state index in [0.717, 1.165) is 33.7 Å². The van der Waals surface area contributed by atoms with E-state index in [9.17, 15) is 0 Å². The van der Waals surface area contributed by atoms with E-state index in [1.54, 1.807) is 6.26 Å². The van der Waals surface area contributed by atoms with E-state index >= 15 is 0 Å². The van der Waals surface area contributed by atoms with E-state index in [-0.39, 0.29) is 5.54 Å². The molecule has 0 radical (unpaired) electrons. The average molecular weight is 366 g/mol. The number of hydrogen-bond donors (Lipinski definition) is 0. The maximum absolute atomic E-state index is 9.11. The van der Waals surface area contributed by atoms with E-state index in [1.807, 2.05) is 48.5 Å². The Morgan fingerprint density at radius 2 is 1.50 bits per heavy atom. The smallest absolute Gasteiger partial charge is 0.158 e. The lowest BCUT2D eigenvalue weighted by Gasteiger charge is -2.25. The molecule has 2 heterocycles. The van der Waals surface area contributed by atoms with Gasteiger partial charge in [-0.2, -0.15) is 5.26 Å². The van der Waals surface area contributed by atoms with Crippen molar-refractivity contribution >= 4 is 0 Å². The van der Waals surface area contributed by atoms with Crippen LogP contribution in [-0.2, 0) is 5.54 Å². The minimum absolute atomic E-state index is 0.110. The van der Waals surface area contributed by atoms with Crippen LogP contribution in [0.4, 0.5) is 0 Å². The van der Waals surface area contributed by atoms with Gasteiger partial charge in [0.15, 0.2) is 5.76 Å². The predicted octanol–water partition coefficient (Wildman–Crippen LogP) is 6.71. The maximum atomic E-state index is 9.11. The minimum Gasteiger partial charge on any atom is -0.462 e. The van der Waals surface area contributed by atoms with Crippen molar-refractivity contribution in [1.29, 1.82) is 5.26 Å². The molecule has 0 N–H and O–H groups in total. The molecule has 0 aliphatic carbocycles. The van der Waals surface area contributed by atoms with Crippen molar-refractivity contribution in [3.05, 3.63) is 84.8 Å². The van der Waals surface area contributed by atoms with Crippen molar-refractivity contribution in [1.82, 2.24) is 4.57 Å². The van der Waals surface area contributed by atoms with Gasteiger partial charge in [0.2, 0.25) is 0 Å². The summed E-state index contributed by atoms with van der Waals surface area (Å²) in [6, 6.07) is 24.3. The summed E-state index contributed by atoms with van der Waals surface area (Å²) in [6.45, 7) is 6.55. The standard InChI is InChI=1S/C25H22N2O/c1-25(2,3)27-15-13-21(20-11-9-18(17-26)10-12-20)23(27)24-22(14-16-28-24)19-7-5-4-6-8-19/h4-16H,1-3H3. The summed E-state index contributed by atoms with van der Waals surface area (Å²) in [6.07, 6.45) is 3.86. The van der Waals surface area contributed by atoms with Gasteiger partial charge in [-0.3, -0.25) is 0 Å². The fraction of sp³-hybridized carbons (Fsp3) is 0.160. The molecule has 4 rings (SSSR count). The highest BCUT2D eigenvalue weighted by Crippen LogP contribution is 2.41. The number of rotatable bonds is 3. The Labute approximate surface area is 165 Å². The second-order valence-corrected chi connectivity index (χ2v) is 7.84. The van der Waals surface area contributed by atoms with Crippen LogP contribution in [0.5, 0.6) is 0 Å². The molecule has 0 saturated heterocycles. The van der Waals surface area contributed by atoms with Gasteiger partial charge in [0.25, 0.3) is 0 Å². The van der Waals surface area contributed by atoms with E-state index in [1.165, 1.54) is 0 Å². The monoisotopic (exact) mass is 366 g/mol. The first-order valence-corrected chi connectivity index (χ1v) is 9.34. The Kier molecular flexibility index (Phi) is 4.41. The molecule has 2 aromatic carbocycles. The highest BCUT2D eigenvalue weighted by atomic mass is 16.3. The molecule has 0 amide bonds. The van der Waals surface area contributed by atoms with Crippen molar-refractivity contribution < 1.29 is 4.42 Å². The lowest BCUT2D eigenvalue weighted by Crippen LogP contribution is -2.21. The van der Waals surface area contributed by atoms with Crippen LogP contribution in [-0.4, -0.2) is 4.57 Å². The molecule has 4 aromatic rings. The first kappa shape index (κ1) is 17.9. The number of furan rings is 1. The summed E-state index contributed by atoms with van der Waals surface area (Å²) in [5.41, 5.74) is 5.93. The average Bonchev–Trinajstić information content (AvgIpc) is 3.35. The molecule has 0 saturated carbocycles. The molecule has 138 valence electrons. The number of nitriles is 1. The molecule has 28 heavy (non-hydrogen) atoms. The van der Waals surface area contributed by atoms with E-state index in [2.05, 4.69) is 55.8 Å². The number of benzene rings is 2. The Morgan fingerprint density at radius 3 is 2.14 bits per heavy atom. The molecule has 3 nitrogen and oxygen atoms in total. The van der Waals surface area contributed by atoms with Crippen LogP contribution in [0.2, 0.25) is 0 Å². The Morgan fingerprint density at radius 1 is 0.821 bits per heavy atom. The van der Waals surface area contributed by atoms with E-state index in [0.29, 0.717) is 5.56 Å². The Hall–Kier alpha value is -3.51. The number of hydrogen-bond acceptors (Lipinski definition) is 2. The van der Waals surface area contributed by atoms with Crippen molar-refractivity contribution in [2.45, 2.75) is 26.3 Å². The fourth-order valence-electron chi connectivity index (χ4n) is 3.52. The molecule has 3 heteroatoms. The van der Waals surface area contributed by atoms with Gasteiger partial charge in [-0.05, 0) is 56.2 Å². The number of nitrogens with zero attached hydrogens (tertiary/aromatic N) is 2. The van der Waals surface area contributed by atoms with E-state index in [4.69, 9.17) is 9.68 Å². The van der Waals surface area contributed by atoms with Crippen molar-refractivity contribution in [2.24, 2.45) is 0 Å². The molecule has 0 aliphatic rings. The second kappa shape index (κ2) is 6.90. The fourth-order valence-corrected chi connectivity index (χ4v) is 3.52. The lowest BCUT2D eigenvalue weighted by atomic mass is 9.98. The maximum Gasteiger partial charge on any atom is 0.158 e. The third-order valence-corrected chi connectivity index (χ3v) is 4.90. The zero-order valence-electron chi connectivity index (χ0n) is 16.3. The zero-order chi connectivity index (χ0) is 19.7. The molecule has 0 aliphatic heterocycles. The zero-order valence-corrected chi connectivity index (χ0v) is 16.3. The molecular weight excluding hydrogens is 344 g/mol. The van der Waals surface area contributed by atoms with Crippen LogP contribution in [0, 0.1) is 11.3 Å². The highest BCUT2D eigenvalue weighted by Gasteiger charge is 2.25. The predicted molar refractivity (Wildman–Crippen MR) is 113 cm³/mol. The van der Waals surface area contributed by atoms with Crippen molar-refractivity contribution in [2.75, 3.05) is 0 Å². The summed E-state index contributed by atoms with van der Waals surface area (Å²) in [4.78, 5) is 0. The van der Waals surface area contributed by atoms with Gasteiger partial charge in [0.05, 0.1) is 23.6 Å². The molecule has 0 atom stereocenters. The summed E-state index contributed by atoms with van der Waals surface area (Å²) in [5, 5.41) is 9.11. The summed E-state index contributed by atoms with van der Waals surface area (Å²) < 4.78 is 8.29.